The lowest BCUT2D eigenvalue weighted by Crippen LogP contribution is -2.26. The zero-order valence-electron chi connectivity index (χ0n) is 16.6. The van der Waals surface area contributed by atoms with Crippen molar-refractivity contribution in [3.05, 3.63) is 23.7 Å². The highest BCUT2D eigenvalue weighted by Gasteiger charge is 2.18. The van der Waals surface area contributed by atoms with Gasteiger partial charge < -0.3 is 39.1 Å². The van der Waals surface area contributed by atoms with Crippen LogP contribution in [0.15, 0.2) is 23.7 Å². The number of unbranched alkanes of at least 4 members (excludes halogenated alkanes) is 3. The van der Waals surface area contributed by atoms with Crippen LogP contribution in [0.25, 0.3) is 0 Å². The Balaban J connectivity index is 1.36. The van der Waals surface area contributed by atoms with Crippen LogP contribution in [0.4, 0.5) is 14.4 Å². The molecule has 0 aromatic carbocycles. The highest BCUT2D eigenvalue weighted by atomic mass is 16.8. The lowest BCUT2D eigenvalue weighted by Gasteiger charge is -2.07. The smallest absolute Gasteiger partial charge is 0.454 e. The summed E-state index contributed by atoms with van der Waals surface area (Å²) in [6, 6.07) is 0. The summed E-state index contributed by atoms with van der Waals surface area (Å²) in [5.41, 5.74) is 5.39. The van der Waals surface area contributed by atoms with Gasteiger partial charge in [0, 0.05) is 13.1 Å². The number of amides is 2. The molecular formula is C18H27N3O9. The van der Waals surface area contributed by atoms with Gasteiger partial charge in [-0.25, -0.2) is 14.4 Å². The van der Waals surface area contributed by atoms with Gasteiger partial charge in [-0.3, -0.25) is 5.73 Å². The maximum absolute atomic E-state index is 11.5. The minimum Gasteiger partial charge on any atom is -0.454 e. The lowest BCUT2D eigenvalue weighted by molar-refractivity contribution is -0.0257. The van der Waals surface area contributed by atoms with Crippen LogP contribution in [0.3, 0.4) is 0 Å². The standard InChI is InChI=1S/C18H27N3O9/c19-15-27-11-13(29-15)5-9-25-16(22)20-7-3-1-2-4-8-21-17(23)26-10-6-14-12-28-18(24)30-14/h5-6,15H,1-4,7-12,19H2,(H,20,22)(H,21,23)/b13-5-,14-6?. The van der Waals surface area contributed by atoms with Gasteiger partial charge in [0.1, 0.15) is 31.3 Å². The number of nitrogens with two attached hydrogens (primary N) is 1. The summed E-state index contributed by atoms with van der Waals surface area (Å²) < 4.78 is 29.2. The maximum atomic E-state index is 11.5. The largest absolute Gasteiger partial charge is 0.514 e. The second-order valence-corrected chi connectivity index (χ2v) is 6.24. The maximum Gasteiger partial charge on any atom is 0.514 e. The Kier molecular flexibility index (Phi) is 10.3. The van der Waals surface area contributed by atoms with Crippen LogP contribution < -0.4 is 16.4 Å². The first kappa shape index (κ1) is 23.3. The number of carbonyl (C=O) groups excluding carboxylic acids is 3. The molecule has 30 heavy (non-hydrogen) atoms. The molecule has 12 heteroatoms. The molecule has 0 aromatic heterocycles. The van der Waals surface area contributed by atoms with Crippen LogP contribution in [0.5, 0.6) is 0 Å². The Hall–Kier alpha value is -2.99. The number of cyclic esters (lactones) is 2. The number of rotatable bonds is 11. The van der Waals surface area contributed by atoms with Crippen LogP contribution >= 0.6 is 0 Å². The zero-order valence-corrected chi connectivity index (χ0v) is 16.6. The summed E-state index contributed by atoms with van der Waals surface area (Å²) in [5.74, 6) is 0.864. The number of ether oxygens (including phenoxy) is 6. The second-order valence-electron chi connectivity index (χ2n) is 6.24. The predicted molar refractivity (Wildman–Crippen MR) is 101 cm³/mol. The third-order valence-corrected chi connectivity index (χ3v) is 3.90. The topological polar surface area (TPSA) is 157 Å². The van der Waals surface area contributed by atoms with Gasteiger partial charge in [0.05, 0.1) is 0 Å². The first-order valence-electron chi connectivity index (χ1n) is 9.60. The van der Waals surface area contributed by atoms with Crippen molar-refractivity contribution in [3.63, 3.8) is 0 Å². The number of nitrogens with one attached hydrogen (secondary N) is 2. The molecule has 0 radical (unpaired) electrons. The van der Waals surface area contributed by atoms with E-state index in [-0.39, 0.29) is 26.4 Å². The molecule has 1 unspecified atom stereocenters. The molecule has 2 aliphatic heterocycles. The van der Waals surface area contributed by atoms with Gasteiger partial charge in [0.15, 0.2) is 6.61 Å². The van der Waals surface area contributed by atoms with Crippen molar-refractivity contribution in [2.45, 2.75) is 32.1 Å². The number of hydrogen-bond donors (Lipinski definition) is 3. The summed E-state index contributed by atoms with van der Waals surface area (Å²) in [7, 11) is 0. The van der Waals surface area contributed by atoms with Crippen molar-refractivity contribution in [2.75, 3.05) is 39.5 Å². The number of hydrogen-bond acceptors (Lipinski definition) is 10. The van der Waals surface area contributed by atoms with E-state index in [2.05, 4.69) is 20.1 Å². The Morgan fingerprint density at radius 2 is 1.57 bits per heavy atom. The molecular weight excluding hydrogens is 402 g/mol. The van der Waals surface area contributed by atoms with Crippen LogP contribution in [0, 0.1) is 0 Å². The van der Waals surface area contributed by atoms with Gasteiger partial charge in [0.2, 0.25) is 0 Å². The van der Waals surface area contributed by atoms with Crippen LogP contribution in [-0.2, 0) is 28.4 Å². The molecule has 2 rings (SSSR count). The molecule has 168 valence electrons. The molecule has 1 atom stereocenters. The Morgan fingerprint density at radius 3 is 2.07 bits per heavy atom. The number of carbonyl (C=O) groups is 3. The molecule has 2 aliphatic rings. The zero-order chi connectivity index (χ0) is 21.6. The van der Waals surface area contributed by atoms with Crippen molar-refractivity contribution < 1.29 is 42.8 Å². The Morgan fingerprint density at radius 1 is 0.967 bits per heavy atom. The summed E-state index contributed by atoms with van der Waals surface area (Å²) in [6.07, 6.45) is 3.84. The van der Waals surface area contributed by atoms with Crippen molar-refractivity contribution in [1.29, 1.82) is 0 Å². The van der Waals surface area contributed by atoms with Gasteiger partial charge in [-0.05, 0) is 25.0 Å². The van der Waals surface area contributed by atoms with Crippen LogP contribution in [0.2, 0.25) is 0 Å². The lowest BCUT2D eigenvalue weighted by atomic mass is 10.2. The summed E-state index contributed by atoms with van der Waals surface area (Å²) in [4.78, 5) is 33.7. The van der Waals surface area contributed by atoms with Gasteiger partial charge >= 0.3 is 18.3 Å². The van der Waals surface area contributed by atoms with E-state index in [9.17, 15) is 14.4 Å². The normalized spacial score (nSPS) is 20.4. The van der Waals surface area contributed by atoms with Crippen molar-refractivity contribution in [1.82, 2.24) is 10.6 Å². The quantitative estimate of drug-likeness (QED) is 0.248. The Labute approximate surface area is 173 Å². The first-order valence-corrected chi connectivity index (χ1v) is 9.60. The Bertz CT molecular complexity index is 651. The second kappa shape index (κ2) is 13.3. The molecule has 0 saturated carbocycles. The SMILES string of the molecule is NC1OC/C(=C/COC(=O)NCCCCCCNC(=O)OCC=C2COC(=O)O2)O1. The first-order chi connectivity index (χ1) is 14.5. The molecule has 4 N–H and O–H groups in total. The predicted octanol–water partition coefficient (Wildman–Crippen LogP) is 1.22. The fraction of sp³-hybridized carbons (Fsp3) is 0.611. The van der Waals surface area contributed by atoms with Gasteiger partial charge in [-0.2, -0.15) is 0 Å². The molecule has 2 saturated heterocycles. The van der Waals surface area contributed by atoms with Gasteiger partial charge in [-0.15, -0.1) is 0 Å². The molecule has 0 aromatic rings. The van der Waals surface area contributed by atoms with E-state index in [1.165, 1.54) is 6.08 Å². The minimum absolute atomic E-state index is 0.00891. The molecule has 12 nitrogen and oxygen atoms in total. The van der Waals surface area contributed by atoms with Gasteiger partial charge in [0.25, 0.3) is 6.41 Å². The van der Waals surface area contributed by atoms with Gasteiger partial charge in [-0.1, -0.05) is 12.8 Å². The molecule has 0 spiro atoms. The van der Waals surface area contributed by atoms with Crippen LogP contribution in [0.1, 0.15) is 25.7 Å². The number of alkyl carbamates (subject to hydrolysis) is 2. The van der Waals surface area contributed by atoms with E-state index < -0.39 is 24.8 Å². The third-order valence-electron chi connectivity index (χ3n) is 3.90. The van der Waals surface area contributed by atoms with E-state index in [0.717, 1.165) is 25.7 Å². The van der Waals surface area contributed by atoms with E-state index in [1.807, 2.05) is 0 Å². The molecule has 2 amide bonds. The van der Waals surface area contributed by atoms with E-state index in [1.54, 1.807) is 6.08 Å². The monoisotopic (exact) mass is 429 g/mol. The fourth-order valence-electron chi connectivity index (χ4n) is 2.39. The summed E-state index contributed by atoms with van der Waals surface area (Å²) >= 11 is 0. The van der Waals surface area contributed by atoms with Crippen molar-refractivity contribution in [2.24, 2.45) is 5.73 Å². The van der Waals surface area contributed by atoms with E-state index in [4.69, 9.17) is 24.7 Å². The van der Waals surface area contributed by atoms with Crippen molar-refractivity contribution in [3.8, 4) is 0 Å². The molecule has 0 aliphatic carbocycles. The van der Waals surface area contributed by atoms with E-state index >= 15 is 0 Å². The fourth-order valence-corrected chi connectivity index (χ4v) is 2.39. The molecule has 2 fully saturated rings. The third kappa shape index (κ3) is 9.98. The summed E-state index contributed by atoms with van der Waals surface area (Å²) in [6.45, 7) is 1.36. The molecule has 0 bridgehead atoms. The highest BCUT2D eigenvalue weighted by molar-refractivity contribution is 5.67. The average molecular weight is 429 g/mol. The highest BCUT2D eigenvalue weighted by Crippen LogP contribution is 2.10. The van der Waals surface area contributed by atoms with E-state index in [0.29, 0.717) is 24.6 Å². The molecule has 2 heterocycles. The van der Waals surface area contributed by atoms with Crippen LogP contribution in [-0.4, -0.2) is 64.3 Å². The summed E-state index contributed by atoms with van der Waals surface area (Å²) in [5, 5.41) is 5.28. The van der Waals surface area contributed by atoms with Crippen molar-refractivity contribution >= 4 is 18.3 Å². The minimum atomic E-state index is -0.760. The average Bonchev–Trinajstić information content (AvgIpc) is 3.31.